The summed E-state index contributed by atoms with van der Waals surface area (Å²) in [4.78, 5) is 0. The molecule has 0 nitrogen and oxygen atoms in total. The van der Waals surface area contributed by atoms with Crippen LogP contribution in [0.3, 0.4) is 0 Å². The van der Waals surface area contributed by atoms with Crippen LogP contribution in [0.5, 0.6) is 0 Å². The van der Waals surface area contributed by atoms with Crippen LogP contribution < -0.4 is 0 Å². The van der Waals surface area contributed by atoms with Gasteiger partial charge in [0.05, 0.1) is 0 Å². The van der Waals surface area contributed by atoms with Crippen molar-refractivity contribution in [2.45, 2.75) is 35.4 Å². The van der Waals surface area contributed by atoms with Gasteiger partial charge in [0, 0.05) is 5.41 Å². The van der Waals surface area contributed by atoms with Gasteiger partial charge >= 0.3 is 0 Å². The van der Waals surface area contributed by atoms with Crippen LogP contribution in [0.2, 0.25) is 0 Å². The van der Waals surface area contributed by atoms with Gasteiger partial charge in [0.2, 0.25) is 0 Å². The van der Waals surface area contributed by atoms with E-state index in [4.69, 9.17) is 23.2 Å². The van der Waals surface area contributed by atoms with E-state index >= 15 is 0 Å². The standard InChI is InChI=1S/C12H12Cl2/c13-12(14)8-11(12)7-3-5-9-4-1-2-6-10(9)11/h1-2,4,6H,3,5,7-8H2. The maximum atomic E-state index is 6.27. The number of halogens is 2. The van der Waals surface area contributed by atoms with Gasteiger partial charge < -0.3 is 0 Å². The first-order chi connectivity index (χ1) is 6.66. The van der Waals surface area contributed by atoms with Crippen molar-refractivity contribution in [1.29, 1.82) is 0 Å². The maximum Gasteiger partial charge on any atom is 0.129 e. The Balaban J connectivity index is 2.14. The van der Waals surface area contributed by atoms with Crippen LogP contribution in [0.4, 0.5) is 0 Å². The molecule has 1 aromatic carbocycles. The van der Waals surface area contributed by atoms with Crippen LogP contribution in [-0.2, 0) is 11.8 Å². The average Bonchev–Trinajstić information content (AvgIpc) is 2.70. The smallest absolute Gasteiger partial charge is 0.101 e. The van der Waals surface area contributed by atoms with E-state index in [1.54, 1.807) is 0 Å². The minimum Gasteiger partial charge on any atom is -0.101 e. The molecular weight excluding hydrogens is 215 g/mol. The number of hydrogen-bond donors (Lipinski definition) is 0. The van der Waals surface area contributed by atoms with E-state index in [-0.39, 0.29) is 5.41 Å². The number of hydrogen-bond acceptors (Lipinski definition) is 0. The first-order valence-electron chi connectivity index (χ1n) is 5.12. The molecule has 3 rings (SSSR count). The third-order valence-corrected chi connectivity index (χ3v) is 4.67. The molecule has 1 atom stereocenters. The summed E-state index contributed by atoms with van der Waals surface area (Å²) in [7, 11) is 0. The lowest BCUT2D eigenvalue weighted by Gasteiger charge is -2.26. The second-order valence-corrected chi connectivity index (χ2v) is 5.96. The van der Waals surface area contributed by atoms with Crippen LogP contribution in [0.15, 0.2) is 24.3 Å². The maximum absolute atomic E-state index is 6.27. The van der Waals surface area contributed by atoms with Gasteiger partial charge in [0.25, 0.3) is 0 Å². The van der Waals surface area contributed by atoms with Crippen molar-refractivity contribution < 1.29 is 0 Å². The Kier molecular flexibility index (Phi) is 1.73. The first kappa shape index (κ1) is 9.06. The van der Waals surface area contributed by atoms with Crippen LogP contribution in [0, 0.1) is 0 Å². The van der Waals surface area contributed by atoms with Crippen LogP contribution in [0.1, 0.15) is 30.4 Å². The van der Waals surface area contributed by atoms with Crippen LogP contribution >= 0.6 is 23.2 Å². The Hall–Kier alpha value is -0.200. The fourth-order valence-electron chi connectivity index (χ4n) is 2.82. The minimum atomic E-state index is -0.497. The fraction of sp³-hybridized carbons (Fsp3) is 0.500. The molecule has 0 amide bonds. The highest BCUT2D eigenvalue weighted by Crippen LogP contribution is 2.68. The highest BCUT2D eigenvalue weighted by atomic mass is 35.5. The lowest BCUT2D eigenvalue weighted by Crippen LogP contribution is -2.21. The SMILES string of the molecule is ClC1(Cl)CC12CCCc1ccccc12. The monoisotopic (exact) mass is 226 g/mol. The van der Waals surface area contributed by atoms with Crippen molar-refractivity contribution >= 4 is 23.2 Å². The predicted molar refractivity (Wildman–Crippen MR) is 60.1 cm³/mol. The molecule has 74 valence electrons. The van der Waals surface area contributed by atoms with Gasteiger partial charge in [-0.15, -0.1) is 23.2 Å². The highest BCUT2D eigenvalue weighted by molar-refractivity contribution is 6.52. The Bertz CT molecular complexity index is 384. The minimum absolute atomic E-state index is 0.0882. The number of fused-ring (bicyclic) bond motifs is 2. The number of rotatable bonds is 0. The lowest BCUT2D eigenvalue weighted by atomic mass is 9.80. The predicted octanol–water partition coefficient (Wildman–Crippen LogP) is 3.84. The number of alkyl halides is 2. The van der Waals surface area contributed by atoms with E-state index in [9.17, 15) is 0 Å². The van der Waals surface area contributed by atoms with Gasteiger partial charge in [-0.25, -0.2) is 0 Å². The van der Waals surface area contributed by atoms with E-state index in [1.165, 1.54) is 24.0 Å². The normalized spacial score (nSPS) is 32.7. The van der Waals surface area contributed by atoms with E-state index in [1.807, 2.05) is 0 Å². The largest absolute Gasteiger partial charge is 0.129 e. The summed E-state index contributed by atoms with van der Waals surface area (Å²) < 4.78 is -0.497. The Morgan fingerprint density at radius 2 is 1.86 bits per heavy atom. The van der Waals surface area contributed by atoms with Crippen molar-refractivity contribution in [2.75, 3.05) is 0 Å². The summed E-state index contributed by atoms with van der Waals surface area (Å²) in [6, 6.07) is 8.60. The Labute approximate surface area is 94.2 Å². The van der Waals surface area contributed by atoms with E-state index in [2.05, 4.69) is 24.3 Å². The first-order valence-corrected chi connectivity index (χ1v) is 5.88. The molecule has 0 N–H and O–H groups in total. The summed E-state index contributed by atoms with van der Waals surface area (Å²) in [6.07, 6.45) is 4.48. The number of benzene rings is 1. The van der Waals surface area contributed by atoms with Crippen molar-refractivity contribution in [3.05, 3.63) is 35.4 Å². The quantitative estimate of drug-likeness (QED) is 0.590. The van der Waals surface area contributed by atoms with Crippen molar-refractivity contribution in [3.63, 3.8) is 0 Å². The van der Waals surface area contributed by atoms with Crippen molar-refractivity contribution in [1.82, 2.24) is 0 Å². The van der Waals surface area contributed by atoms with Gasteiger partial charge in [-0.05, 0) is 36.8 Å². The summed E-state index contributed by atoms with van der Waals surface area (Å²) in [5.74, 6) is 0. The molecule has 0 bridgehead atoms. The molecule has 0 radical (unpaired) electrons. The van der Waals surface area contributed by atoms with Gasteiger partial charge in [-0.2, -0.15) is 0 Å². The van der Waals surface area contributed by atoms with E-state index in [0.29, 0.717) is 0 Å². The Morgan fingerprint density at radius 1 is 1.14 bits per heavy atom. The summed E-state index contributed by atoms with van der Waals surface area (Å²) in [5, 5.41) is 0. The zero-order chi connectivity index (χ0) is 9.81. The third-order valence-electron chi connectivity index (χ3n) is 3.68. The zero-order valence-electron chi connectivity index (χ0n) is 7.89. The molecule has 2 aliphatic carbocycles. The molecule has 2 heteroatoms. The van der Waals surface area contributed by atoms with E-state index in [0.717, 1.165) is 12.8 Å². The third kappa shape index (κ3) is 1.02. The average molecular weight is 227 g/mol. The van der Waals surface area contributed by atoms with Crippen LogP contribution in [-0.4, -0.2) is 4.33 Å². The van der Waals surface area contributed by atoms with Gasteiger partial charge in [-0.1, -0.05) is 24.3 Å². The molecule has 2 aliphatic rings. The van der Waals surface area contributed by atoms with Gasteiger partial charge in [0.15, 0.2) is 0 Å². The van der Waals surface area contributed by atoms with E-state index < -0.39 is 4.33 Å². The fourth-order valence-corrected chi connectivity index (χ4v) is 3.67. The molecule has 1 saturated carbocycles. The lowest BCUT2D eigenvalue weighted by molar-refractivity contribution is 0.536. The van der Waals surface area contributed by atoms with Gasteiger partial charge in [0.1, 0.15) is 4.33 Å². The second kappa shape index (κ2) is 2.68. The van der Waals surface area contributed by atoms with Gasteiger partial charge in [-0.3, -0.25) is 0 Å². The summed E-state index contributed by atoms with van der Waals surface area (Å²) in [5.41, 5.74) is 2.93. The summed E-state index contributed by atoms with van der Waals surface area (Å²) in [6.45, 7) is 0. The molecule has 0 heterocycles. The zero-order valence-corrected chi connectivity index (χ0v) is 9.41. The summed E-state index contributed by atoms with van der Waals surface area (Å²) >= 11 is 12.5. The second-order valence-electron chi connectivity index (χ2n) is 4.47. The molecule has 1 spiro atoms. The highest BCUT2D eigenvalue weighted by Gasteiger charge is 2.67. The topological polar surface area (TPSA) is 0 Å². The van der Waals surface area contributed by atoms with Crippen molar-refractivity contribution in [2.24, 2.45) is 0 Å². The molecule has 1 unspecified atom stereocenters. The molecule has 1 aromatic rings. The Morgan fingerprint density at radius 3 is 2.57 bits per heavy atom. The molecule has 0 aliphatic heterocycles. The molecule has 0 saturated heterocycles. The molecule has 0 aromatic heterocycles. The molecule has 14 heavy (non-hydrogen) atoms. The number of aryl methyl sites for hydroxylation is 1. The van der Waals surface area contributed by atoms with Crippen LogP contribution in [0.25, 0.3) is 0 Å². The molecular formula is C12H12Cl2. The van der Waals surface area contributed by atoms with Crippen molar-refractivity contribution in [3.8, 4) is 0 Å². The molecule has 1 fully saturated rings.